The zero-order valence-corrected chi connectivity index (χ0v) is 8.49. The molecule has 100 valence electrons. The van der Waals surface area contributed by atoms with Gasteiger partial charge in [-0.25, -0.2) is 4.79 Å². The maximum absolute atomic E-state index is 12.0. The molecule has 17 heavy (non-hydrogen) atoms. The van der Waals surface area contributed by atoms with E-state index in [1.807, 2.05) is 0 Å². The molecule has 0 heterocycles. The molecule has 0 aliphatic carbocycles. The fraction of sp³-hybridized carbons (Fsp3) is 0.625. The molecule has 9 heteroatoms. The average Bonchev–Trinajstić information content (AvgIpc) is 1.96. The molecule has 0 aliphatic rings. The Morgan fingerprint density at radius 3 is 1.94 bits per heavy atom. The van der Waals surface area contributed by atoms with E-state index in [1.54, 1.807) is 5.32 Å². The van der Waals surface area contributed by atoms with Crippen LogP contribution in [0.2, 0.25) is 0 Å². The van der Waals surface area contributed by atoms with Gasteiger partial charge >= 0.3 is 18.3 Å². The molecule has 0 aromatic heterocycles. The van der Waals surface area contributed by atoms with Gasteiger partial charge in [-0.05, 0) is 6.92 Å². The minimum Gasteiger partial charge on any atom is -0.478 e. The van der Waals surface area contributed by atoms with Gasteiger partial charge in [0.25, 0.3) is 0 Å². The van der Waals surface area contributed by atoms with Crippen molar-refractivity contribution in [2.75, 3.05) is 6.54 Å². The summed E-state index contributed by atoms with van der Waals surface area (Å²) in [5.74, 6) is -5.00. The SMILES string of the molecule is CC(=CC(=O)O)NCC(C(F)(F)F)C(F)(F)F. The van der Waals surface area contributed by atoms with Gasteiger partial charge in [-0.15, -0.1) is 0 Å². The molecule has 0 aliphatic heterocycles. The second kappa shape index (κ2) is 5.28. The summed E-state index contributed by atoms with van der Waals surface area (Å²) in [6.45, 7) is -0.402. The predicted molar refractivity (Wildman–Crippen MR) is 45.0 cm³/mol. The molecule has 0 saturated heterocycles. The first-order valence-corrected chi connectivity index (χ1v) is 4.23. The third-order valence-electron chi connectivity index (χ3n) is 1.72. The van der Waals surface area contributed by atoms with Gasteiger partial charge in [0.15, 0.2) is 5.92 Å². The number of carbonyl (C=O) groups is 1. The van der Waals surface area contributed by atoms with Crippen LogP contribution in [0.15, 0.2) is 11.8 Å². The Hall–Kier alpha value is -1.41. The monoisotopic (exact) mass is 265 g/mol. The summed E-state index contributed by atoms with van der Waals surface area (Å²) in [7, 11) is 0. The summed E-state index contributed by atoms with van der Waals surface area (Å²) >= 11 is 0. The van der Waals surface area contributed by atoms with Crippen LogP contribution in [-0.4, -0.2) is 30.0 Å². The van der Waals surface area contributed by atoms with Crippen LogP contribution in [0.3, 0.4) is 0 Å². The lowest BCUT2D eigenvalue weighted by Gasteiger charge is -2.23. The van der Waals surface area contributed by atoms with Gasteiger partial charge in [0.1, 0.15) is 0 Å². The highest BCUT2D eigenvalue weighted by Crippen LogP contribution is 2.38. The van der Waals surface area contributed by atoms with E-state index in [0.29, 0.717) is 6.08 Å². The zero-order valence-electron chi connectivity index (χ0n) is 8.49. The molecule has 3 nitrogen and oxygen atoms in total. The van der Waals surface area contributed by atoms with Crippen molar-refractivity contribution in [2.45, 2.75) is 19.3 Å². The number of rotatable bonds is 4. The summed E-state index contributed by atoms with van der Waals surface area (Å²) in [5, 5.41) is 9.98. The quantitative estimate of drug-likeness (QED) is 0.605. The molecule has 0 amide bonds. The van der Waals surface area contributed by atoms with Gasteiger partial charge < -0.3 is 10.4 Å². The number of alkyl halides is 6. The molecular formula is C8H9F6NO2. The molecule has 0 saturated carbocycles. The van der Waals surface area contributed by atoms with Crippen molar-refractivity contribution in [1.29, 1.82) is 0 Å². The fourth-order valence-electron chi connectivity index (χ4n) is 0.916. The van der Waals surface area contributed by atoms with E-state index in [2.05, 4.69) is 0 Å². The third-order valence-corrected chi connectivity index (χ3v) is 1.72. The summed E-state index contributed by atoms with van der Waals surface area (Å²) in [5.41, 5.74) is -0.295. The maximum Gasteiger partial charge on any atom is 0.402 e. The van der Waals surface area contributed by atoms with Crippen LogP contribution in [0.25, 0.3) is 0 Å². The van der Waals surface area contributed by atoms with E-state index in [1.165, 1.54) is 0 Å². The summed E-state index contributed by atoms with van der Waals surface area (Å²) in [6, 6.07) is 0. The van der Waals surface area contributed by atoms with Crippen molar-refractivity contribution in [2.24, 2.45) is 5.92 Å². The lowest BCUT2D eigenvalue weighted by molar-refractivity contribution is -0.281. The summed E-state index contributed by atoms with van der Waals surface area (Å²) < 4.78 is 72.2. The van der Waals surface area contributed by atoms with Crippen molar-refractivity contribution in [1.82, 2.24) is 5.32 Å². The zero-order chi connectivity index (χ0) is 13.9. The molecule has 0 bridgehead atoms. The first kappa shape index (κ1) is 15.6. The van der Waals surface area contributed by atoms with Crippen molar-refractivity contribution in [3.63, 3.8) is 0 Å². The Morgan fingerprint density at radius 1 is 1.24 bits per heavy atom. The van der Waals surface area contributed by atoms with Crippen molar-refractivity contribution >= 4 is 5.97 Å². The van der Waals surface area contributed by atoms with Crippen LogP contribution >= 0.6 is 0 Å². The molecule has 0 radical (unpaired) electrons. The van der Waals surface area contributed by atoms with Crippen LogP contribution < -0.4 is 5.32 Å². The van der Waals surface area contributed by atoms with Crippen LogP contribution in [-0.2, 0) is 4.79 Å². The van der Waals surface area contributed by atoms with Gasteiger partial charge in [0, 0.05) is 18.3 Å². The summed E-state index contributed by atoms with van der Waals surface area (Å²) in [4.78, 5) is 10.1. The highest BCUT2D eigenvalue weighted by molar-refractivity contribution is 5.80. The molecule has 0 fully saturated rings. The van der Waals surface area contributed by atoms with Crippen molar-refractivity contribution in [3.8, 4) is 0 Å². The number of carboxylic acid groups (broad SMARTS) is 1. The number of hydrogen-bond acceptors (Lipinski definition) is 2. The Kier molecular flexibility index (Phi) is 4.84. The first-order valence-electron chi connectivity index (χ1n) is 4.23. The normalized spacial score (nSPS) is 14.0. The fourth-order valence-corrected chi connectivity index (χ4v) is 0.916. The van der Waals surface area contributed by atoms with Gasteiger partial charge in [-0.2, -0.15) is 26.3 Å². The highest BCUT2D eigenvalue weighted by atomic mass is 19.4. The molecule has 0 aromatic rings. The van der Waals surface area contributed by atoms with Gasteiger partial charge in [-0.1, -0.05) is 0 Å². The molecule has 2 N–H and O–H groups in total. The van der Waals surface area contributed by atoms with Gasteiger partial charge in [-0.3, -0.25) is 0 Å². The molecule has 0 aromatic carbocycles. The Bertz CT molecular complexity index is 292. The Labute approximate surface area is 92.1 Å². The number of aliphatic carboxylic acids is 1. The number of nitrogens with one attached hydrogen (secondary N) is 1. The third kappa shape index (κ3) is 6.03. The molecule has 0 spiro atoms. The van der Waals surface area contributed by atoms with E-state index < -0.39 is 30.8 Å². The second-order valence-electron chi connectivity index (χ2n) is 3.18. The smallest absolute Gasteiger partial charge is 0.402 e. The van der Waals surface area contributed by atoms with E-state index in [-0.39, 0.29) is 5.70 Å². The maximum atomic E-state index is 12.0. The van der Waals surface area contributed by atoms with Crippen LogP contribution in [0, 0.1) is 5.92 Å². The average molecular weight is 265 g/mol. The predicted octanol–water partition coefficient (Wildman–Crippen LogP) is 2.31. The van der Waals surface area contributed by atoms with Gasteiger partial charge in [0.05, 0.1) is 0 Å². The Balaban J connectivity index is 4.65. The van der Waals surface area contributed by atoms with E-state index >= 15 is 0 Å². The largest absolute Gasteiger partial charge is 0.478 e. The molecular weight excluding hydrogens is 256 g/mol. The highest BCUT2D eigenvalue weighted by Gasteiger charge is 2.56. The topological polar surface area (TPSA) is 49.3 Å². The number of allylic oxidation sites excluding steroid dienone is 1. The van der Waals surface area contributed by atoms with Crippen LogP contribution in [0.1, 0.15) is 6.92 Å². The number of carboxylic acids is 1. The van der Waals surface area contributed by atoms with Gasteiger partial charge in [0.2, 0.25) is 0 Å². The van der Waals surface area contributed by atoms with E-state index in [4.69, 9.17) is 5.11 Å². The number of hydrogen-bond donors (Lipinski definition) is 2. The first-order chi connectivity index (χ1) is 7.44. The lowest BCUT2D eigenvalue weighted by atomic mass is 10.1. The second-order valence-corrected chi connectivity index (χ2v) is 3.18. The minimum atomic E-state index is -5.44. The van der Waals surface area contributed by atoms with Crippen molar-refractivity contribution in [3.05, 3.63) is 11.8 Å². The molecule has 0 unspecified atom stereocenters. The number of halogens is 6. The van der Waals surface area contributed by atoms with Crippen LogP contribution in [0.4, 0.5) is 26.3 Å². The molecule has 0 rings (SSSR count). The molecule has 0 atom stereocenters. The lowest BCUT2D eigenvalue weighted by Crippen LogP contribution is -2.43. The van der Waals surface area contributed by atoms with E-state index in [0.717, 1.165) is 6.92 Å². The summed E-state index contributed by atoms with van der Waals surface area (Å²) in [6.07, 6.45) is -10.4. The van der Waals surface area contributed by atoms with E-state index in [9.17, 15) is 31.1 Å². The van der Waals surface area contributed by atoms with Crippen LogP contribution in [0.5, 0.6) is 0 Å². The van der Waals surface area contributed by atoms with Crippen molar-refractivity contribution < 1.29 is 36.2 Å². The standard InChI is InChI=1S/C8H9F6NO2/c1-4(2-6(16)17)15-3-5(7(9,10)11)8(12,13)14/h2,5,15H,3H2,1H3,(H,16,17). The Morgan fingerprint density at radius 2 is 1.65 bits per heavy atom. The minimum absolute atomic E-state index is 0.295.